The molecule has 118 valence electrons. The molecule has 0 unspecified atom stereocenters. The van der Waals surface area contributed by atoms with Crippen molar-refractivity contribution in [2.45, 2.75) is 0 Å². The first kappa shape index (κ1) is 17.2. The molecule has 0 spiro atoms. The molecule has 0 fully saturated rings. The highest BCUT2D eigenvalue weighted by Crippen LogP contribution is 2.30. The Hall–Kier alpha value is -2.83. The maximum absolute atomic E-state index is 12.0. The second-order valence-corrected chi connectivity index (χ2v) is 4.26. The summed E-state index contributed by atoms with van der Waals surface area (Å²) in [5, 5.41) is 11.0. The summed E-state index contributed by atoms with van der Waals surface area (Å²) in [5.74, 6) is 0.0338. The van der Waals surface area contributed by atoms with E-state index in [0.717, 1.165) is 0 Å². The topological polar surface area (TPSA) is 81.9 Å². The summed E-state index contributed by atoms with van der Waals surface area (Å²) in [7, 11) is 1.41. The number of carbonyl (C=O) groups is 1. The number of nitro benzene ring substituents is 1. The van der Waals surface area contributed by atoms with Crippen LogP contribution in [0.4, 0.5) is 5.69 Å². The third-order valence-electron chi connectivity index (χ3n) is 2.77. The molecule has 0 aliphatic rings. The van der Waals surface area contributed by atoms with Crippen LogP contribution in [0.25, 0.3) is 0 Å². The number of rotatable bonds is 9. The molecule has 0 aliphatic heterocycles. The van der Waals surface area contributed by atoms with Crippen molar-refractivity contribution in [2.75, 3.05) is 26.8 Å². The van der Waals surface area contributed by atoms with Crippen molar-refractivity contribution in [3.63, 3.8) is 0 Å². The van der Waals surface area contributed by atoms with Crippen LogP contribution in [0.2, 0.25) is 0 Å². The van der Waals surface area contributed by atoms with Crippen molar-refractivity contribution in [3.05, 3.63) is 53.6 Å². The fourth-order valence-corrected chi connectivity index (χ4v) is 1.71. The molecule has 0 saturated heterocycles. The van der Waals surface area contributed by atoms with Gasteiger partial charge in [-0.15, -0.1) is 13.2 Å². The van der Waals surface area contributed by atoms with E-state index >= 15 is 0 Å². The van der Waals surface area contributed by atoms with E-state index in [0.29, 0.717) is 18.8 Å². The predicted octanol–water partition coefficient (Wildman–Crippen LogP) is 2.18. The highest BCUT2D eigenvalue weighted by atomic mass is 16.6. The van der Waals surface area contributed by atoms with Gasteiger partial charge in [0, 0.05) is 13.1 Å². The van der Waals surface area contributed by atoms with E-state index in [1.54, 1.807) is 12.2 Å². The molecule has 1 amide bonds. The first-order valence-corrected chi connectivity index (χ1v) is 6.48. The molecule has 0 aromatic heterocycles. The van der Waals surface area contributed by atoms with Crippen molar-refractivity contribution >= 4 is 11.6 Å². The Kier molecular flexibility index (Phi) is 6.62. The molecule has 0 atom stereocenters. The standard InChI is InChI=1S/C15H18N2O5/c1-4-8-16(9-5-2)15(18)11-22-14-7-6-12(21-3)10-13(14)17(19)20/h4-7,10H,1-2,8-9,11H2,3H3. The summed E-state index contributed by atoms with van der Waals surface area (Å²) >= 11 is 0. The van der Waals surface area contributed by atoms with Gasteiger partial charge in [0.1, 0.15) is 5.75 Å². The van der Waals surface area contributed by atoms with Crippen molar-refractivity contribution < 1.29 is 19.2 Å². The molecule has 22 heavy (non-hydrogen) atoms. The van der Waals surface area contributed by atoms with Gasteiger partial charge in [0.15, 0.2) is 12.4 Å². The summed E-state index contributed by atoms with van der Waals surface area (Å²) in [6.07, 6.45) is 3.16. The molecular formula is C15H18N2O5. The summed E-state index contributed by atoms with van der Waals surface area (Å²) in [6.45, 7) is 7.52. The van der Waals surface area contributed by atoms with Gasteiger partial charge < -0.3 is 14.4 Å². The van der Waals surface area contributed by atoms with Gasteiger partial charge >= 0.3 is 5.69 Å². The van der Waals surface area contributed by atoms with E-state index in [4.69, 9.17) is 9.47 Å². The zero-order valence-electron chi connectivity index (χ0n) is 12.4. The van der Waals surface area contributed by atoms with Crippen LogP contribution in [-0.2, 0) is 4.79 Å². The monoisotopic (exact) mass is 306 g/mol. The third kappa shape index (κ3) is 4.62. The molecule has 0 heterocycles. The highest BCUT2D eigenvalue weighted by molar-refractivity contribution is 5.78. The van der Waals surface area contributed by atoms with E-state index in [-0.39, 0.29) is 24.0 Å². The normalized spacial score (nSPS) is 9.68. The molecular weight excluding hydrogens is 288 g/mol. The number of carbonyl (C=O) groups excluding carboxylic acids is 1. The van der Waals surface area contributed by atoms with Crippen LogP contribution in [0.5, 0.6) is 11.5 Å². The van der Waals surface area contributed by atoms with Crippen molar-refractivity contribution in [3.8, 4) is 11.5 Å². The Morgan fingerprint density at radius 1 is 1.36 bits per heavy atom. The van der Waals surface area contributed by atoms with Gasteiger partial charge in [-0.25, -0.2) is 0 Å². The van der Waals surface area contributed by atoms with E-state index in [9.17, 15) is 14.9 Å². The third-order valence-corrected chi connectivity index (χ3v) is 2.77. The van der Waals surface area contributed by atoms with Gasteiger partial charge in [0.25, 0.3) is 5.91 Å². The van der Waals surface area contributed by atoms with E-state index < -0.39 is 4.92 Å². The van der Waals surface area contributed by atoms with Gasteiger partial charge in [0.05, 0.1) is 18.1 Å². The van der Waals surface area contributed by atoms with E-state index in [1.165, 1.54) is 30.2 Å². The van der Waals surface area contributed by atoms with Gasteiger partial charge in [-0.1, -0.05) is 12.2 Å². The largest absolute Gasteiger partial charge is 0.496 e. The van der Waals surface area contributed by atoms with Crippen LogP contribution in [0.15, 0.2) is 43.5 Å². The van der Waals surface area contributed by atoms with Gasteiger partial charge in [-0.2, -0.15) is 0 Å². The summed E-state index contributed by atoms with van der Waals surface area (Å²) < 4.78 is 10.2. The lowest BCUT2D eigenvalue weighted by atomic mass is 10.3. The minimum atomic E-state index is -0.590. The molecule has 0 bridgehead atoms. The smallest absolute Gasteiger partial charge is 0.314 e. The van der Waals surface area contributed by atoms with Gasteiger partial charge in [0.2, 0.25) is 0 Å². The minimum Gasteiger partial charge on any atom is -0.496 e. The van der Waals surface area contributed by atoms with Gasteiger partial charge in [-0.3, -0.25) is 14.9 Å². The fourth-order valence-electron chi connectivity index (χ4n) is 1.71. The Morgan fingerprint density at radius 3 is 2.50 bits per heavy atom. The zero-order chi connectivity index (χ0) is 16.5. The lowest BCUT2D eigenvalue weighted by Gasteiger charge is -2.19. The first-order valence-electron chi connectivity index (χ1n) is 6.48. The maximum atomic E-state index is 12.0. The minimum absolute atomic E-state index is 0.0105. The maximum Gasteiger partial charge on any atom is 0.314 e. The number of hydrogen-bond donors (Lipinski definition) is 0. The predicted molar refractivity (Wildman–Crippen MR) is 82.1 cm³/mol. The van der Waals surface area contributed by atoms with Crippen molar-refractivity contribution in [1.82, 2.24) is 4.90 Å². The highest BCUT2D eigenvalue weighted by Gasteiger charge is 2.19. The number of benzene rings is 1. The summed E-state index contributed by atoms with van der Waals surface area (Å²) in [6, 6.07) is 4.17. The van der Waals surface area contributed by atoms with Crippen LogP contribution in [0.3, 0.4) is 0 Å². The van der Waals surface area contributed by atoms with Crippen molar-refractivity contribution in [1.29, 1.82) is 0 Å². The summed E-state index contributed by atoms with van der Waals surface area (Å²) in [4.78, 5) is 23.9. The Bertz CT molecular complexity index is 561. The second kappa shape index (κ2) is 8.46. The average Bonchev–Trinajstić information content (AvgIpc) is 2.52. The lowest BCUT2D eigenvalue weighted by Crippen LogP contribution is -2.35. The zero-order valence-corrected chi connectivity index (χ0v) is 12.4. The molecule has 0 aliphatic carbocycles. The lowest BCUT2D eigenvalue weighted by molar-refractivity contribution is -0.385. The average molecular weight is 306 g/mol. The molecule has 1 rings (SSSR count). The molecule has 0 N–H and O–H groups in total. The molecule has 1 aromatic carbocycles. The SMILES string of the molecule is C=CCN(CC=C)C(=O)COc1ccc(OC)cc1[N+](=O)[O-]. The second-order valence-electron chi connectivity index (χ2n) is 4.26. The molecule has 0 saturated carbocycles. The number of nitro groups is 1. The number of methoxy groups -OCH3 is 1. The Morgan fingerprint density at radius 2 is 2.00 bits per heavy atom. The van der Waals surface area contributed by atoms with Crippen molar-refractivity contribution in [2.24, 2.45) is 0 Å². The molecule has 0 radical (unpaired) electrons. The van der Waals surface area contributed by atoms with Crippen LogP contribution in [0.1, 0.15) is 0 Å². The molecule has 7 nitrogen and oxygen atoms in total. The van der Waals surface area contributed by atoms with Gasteiger partial charge in [-0.05, 0) is 12.1 Å². The number of nitrogens with zero attached hydrogens (tertiary/aromatic N) is 2. The number of amides is 1. The number of hydrogen-bond acceptors (Lipinski definition) is 5. The first-order chi connectivity index (χ1) is 10.5. The van der Waals surface area contributed by atoms with Crippen LogP contribution in [0, 0.1) is 10.1 Å². The van der Waals surface area contributed by atoms with Crippen LogP contribution < -0.4 is 9.47 Å². The Balaban J connectivity index is 2.82. The van der Waals surface area contributed by atoms with E-state index in [1.807, 2.05) is 0 Å². The molecule has 1 aromatic rings. The quantitative estimate of drug-likeness (QED) is 0.397. The molecule has 7 heteroatoms. The summed E-state index contributed by atoms with van der Waals surface area (Å²) in [5.41, 5.74) is -0.258. The van der Waals surface area contributed by atoms with Crippen LogP contribution >= 0.6 is 0 Å². The van der Waals surface area contributed by atoms with E-state index in [2.05, 4.69) is 13.2 Å². The number of ether oxygens (including phenoxy) is 2. The van der Waals surface area contributed by atoms with Crippen LogP contribution in [-0.4, -0.2) is 42.5 Å². The Labute approximate surface area is 128 Å². The fraction of sp³-hybridized carbons (Fsp3) is 0.267.